The number of rotatable bonds is 7. The summed E-state index contributed by atoms with van der Waals surface area (Å²) in [6.45, 7) is 0.501. The summed E-state index contributed by atoms with van der Waals surface area (Å²) in [5, 5.41) is 11.4. The third kappa shape index (κ3) is 5.13. The molecule has 1 amide bonds. The predicted molar refractivity (Wildman–Crippen MR) is 115 cm³/mol. The molecule has 0 aliphatic carbocycles. The second-order valence-corrected chi connectivity index (χ2v) is 7.52. The Bertz CT molecular complexity index is 1190. The summed E-state index contributed by atoms with van der Waals surface area (Å²) in [7, 11) is 0. The molecule has 0 bridgehead atoms. The van der Waals surface area contributed by atoms with Crippen LogP contribution in [0, 0.1) is 11.6 Å². The van der Waals surface area contributed by atoms with Gasteiger partial charge >= 0.3 is 0 Å². The predicted octanol–water partition coefficient (Wildman–Crippen LogP) is 4.40. The molecule has 6 nitrogen and oxygen atoms in total. The van der Waals surface area contributed by atoms with E-state index in [1.807, 2.05) is 47.0 Å². The molecule has 0 saturated carbocycles. The molecule has 0 aliphatic rings. The highest BCUT2D eigenvalue weighted by molar-refractivity contribution is 7.99. The van der Waals surface area contributed by atoms with Crippen LogP contribution in [0.1, 0.15) is 5.56 Å². The van der Waals surface area contributed by atoms with Crippen LogP contribution in [0.3, 0.4) is 0 Å². The lowest BCUT2D eigenvalue weighted by atomic mass is 10.2. The van der Waals surface area contributed by atoms with Gasteiger partial charge < -0.3 is 5.32 Å². The summed E-state index contributed by atoms with van der Waals surface area (Å²) in [6.07, 6.45) is 3.37. The van der Waals surface area contributed by atoms with Crippen molar-refractivity contribution in [3.8, 4) is 11.4 Å². The van der Waals surface area contributed by atoms with E-state index in [2.05, 4.69) is 20.5 Å². The van der Waals surface area contributed by atoms with E-state index in [0.717, 1.165) is 41.1 Å². The Morgan fingerprint density at radius 2 is 1.87 bits per heavy atom. The molecule has 0 radical (unpaired) electrons. The van der Waals surface area contributed by atoms with Gasteiger partial charge in [-0.3, -0.25) is 14.3 Å². The number of nitrogens with zero attached hydrogens (tertiary/aromatic N) is 4. The van der Waals surface area contributed by atoms with Crippen LogP contribution in [0.15, 0.2) is 78.2 Å². The third-order valence-corrected chi connectivity index (χ3v) is 5.32. The lowest BCUT2D eigenvalue weighted by molar-refractivity contribution is -0.113. The van der Waals surface area contributed by atoms with Crippen LogP contribution in [-0.4, -0.2) is 31.4 Å². The fraction of sp³-hybridized carbons (Fsp3) is 0.0909. The normalized spacial score (nSPS) is 10.8. The molecule has 0 atom stereocenters. The Balaban J connectivity index is 1.54. The summed E-state index contributed by atoms with van der Waals surface area (Å²) < 4.78 is 29.0. The van der Waals surface area contributed by atoms with E-state index >= 15 is 0 Å². The maximum Gasteiger partial charge on any atom is 0.234 e. The molecule has 4 rings (SSSR count). The number of thioether (sulfide) groups is 1. The number of carbonyl (C=O) groups excluding carboxylic acids is 1. The quantitative estimate of drug-likeness (QED) is 0.434. The number of pyridine rings is 1. The van der Waals surface area contributed by atoms with Gasteiger partial charge in [0.1, 0.15) is 11.6 Å². The minimum absolute atomic E-state index is 0.0457. The highest BCUT2D eigenvalue weighted by atomic mass is 32.2. The van der Waals surface area contributed by atoms with Crippen LogP contribution in [0.25, 0.3) is 11.4 Å². The molecule has 9 heteroatoms. The maximum absolute atomic E-state index is 13.8. The highest BCUT2D eigenvalue weighted by Gasteiger charge is 2.17. The number of amides is 1. The number of carbonyl (C=O) groups is 1. The van der Waals surface area contributed by atoms with Crippen molar-refractivity contribution in [2.75, 3.05) is 11.1 Å². The first kappa shape index (κ1) is 20.7. The van der Waals surface area contributed by atoms with Crippen molar-refractivity contribution in [2.24, 2.45) is 0 Å². The number of aromatic nitrogens is 4. The fourth-order valence-corrected chi connectivity index (χ4v) is 3.66. The maximum atomic E-state index is 13.8. The number of anilines is 1. The van der Waals surface area contributed by atoms with Gasteiger partial charge in [0.2, 0.25) is 5.91 Å². The van der Waals surface area contributed by atoms with Crippen molar-refractivity contribution >= 4 is 23.4 Å². The Morgan fingerprint density at radius 1 is 1.03 bits per heavy atom. The average molecular weight is 437 g/mol. The van der Waals surface area contributed by atoms with Gasteiger partial charge in [-0.15, -0.1) is 10.2 Å². The second-order valence-electron chi connectivity index (χ2n) is 6.58. The number of halogens is 2. The van der Waals surface area contributed by atoms with Gasteiger partial charge in [0.05, 0.1) is 18.0 Å². The van der Waals surface area contributed by atoms with E-state index in [0.29, 0.717) is 17.5 Å². The van der Waals surface area contributed by atoms with Crippen molar-refractivity contribution in [3.63, 3.8) is 0 Å². The summed E-state index contributed by atoms with van der Waals surface area (Å²) in [4.78, 5) is 16.4. The van der Waals surface area contributed by atoms with E-state index in [1.165, 1.54) is 0 Å². The van der Waals surface area contributed by atoms with Crippen molar-refractivity contribution in [2.45, 2.75) is 11.7 Å². The molecular formula is C22H17F2N5OS. The molecule has 2 heterocycles. The smallest absolute Gasteiger partial charge is 0.234 e. The zero-order chi connectivity index (χ0) is 21.6. The topological polar surface area (TPSA) is 72.7 Å². The molecule has 0 spiro atoms. The Hall–Kier alpha value is -3.59. The van der Waals surface area contributed by atoms with Gasteiger partial charge in [-0.05, 0) is 29.8 Å². The lowest BCUT2D eigenvalue weighted by Crippen LogP contribution is -2.16. The van der Waals surface area contributed by atoms with Crippen LogP contribution < -0.4 is 5.32 Å². The van der Waals surface area contributed by atoms with E-state index in [1.54, 1.807) is 12.4 Å². The van der Waals surface area contributed by atoms with Crippen LogP contribution in [0.2, 0.25) is 0 Å². The minimum Gasteiger partial charge on any atom is -0.323 e. The van der Waals surface area contributed by atoms with Crippen LogP contribution in [0.5, 0.6) is 0 Å². The largest absolute Gasteiger partial charge is 0.323 e. The van der Waals surface area contributed by atoms with E-state index in [-0.39, 0.29) is 11.4 Å². The number of nitrogens with one attached hydrogen (secondary N) is 1. The van der Waals surface area contributed by atoms with Gasteiger partial charge in [0, 0.05) is 24.0 Å². The van der Waals surface area contributed by atoms with Gasteiger partial charge in [-0.25, -0.2) is 8.78 Å². The lowest BCUT2D eigenvalue weighted by Gasteiger charge is -2.11. The molecule has 0 fully saturated rings. The molecule has 1 N–H and O–H groups in total. The van der Waals surface area contributed by atoms with E-state index in [4.69, 9.17) is 0 Å². The molecule has 0 aliphatic heterocycles. The summed E-state index contributed by atoms with van der Waals surface area (Å²) in [5.74, 6) is -1.24. The van der Waals surface area contributed by atoms with Gasteiger partial charge in [-0.1, -0.05) is 42.1 Å². The zero-order valence-electron chi connectivity index (χ0n) is 16.2. The minimum atomic E-state index is -0.703. The van der Waals surface area contributed by atoms with E-state index < -0.39 is 17.5 Å². The fourth-order valence-electron chi connectivity index (χ4n) is 2.92. The molecule has 4 aromatic rings. The molecule has 156 valence electrons. The van der Waals surface area contributed by atoms with Gasteiger partial charge in [0.25, 0.3) is 0 Å². The number of benzene rings is 2. The average Bonchev–Trinajstić information content (AvgIpc) is 3.18. The summed E-state index contributed by atoms with van der Waals surface area (Å²) >= 11 is 1.16. The monoisotopic (exact) mass is 437 g/mol. The van der Waals surface area contributed by atoms with Crippen molar-refractivity contribution in [1.82, 2.24) is 19.7 Å². The van der Waals surface area contributed by atoms with Crippen molar-refractivity contribution in [1.29, 1.82) is 0 Å². The Kier molecular flexibility index (Phi) is 6.32. The van der Waals surface area contributed by atoms with Gasteiger partial charge in [-0.2, -0.15) is 0 Å². The van der Waals surface area contributed by atoms with Crippen LogP contribution >= 0.6 is 11.8 Å². The molecule has 31 heavy (non-hydrogen) atoms. The van der Waals surface area contributed by atoms with Crippen molar-refractivity contribution < 1.29 is 13.6 Å². The molecule has 0 unspecified atom stereocenters. The molecule has 2 aromatic carbocycles. The zero-order valence-corrected chi connectivity index (χ0v) is 17.0. The first-order valence-electron chi connectivity index (χ1n) is 9.35. The summed E-state index contributed by atoms with van der Waals surface area (Å²) in [5.41, 5.74) is 1.64. The second kappa shape index (κ2) is 9.48. The number of hydrogen-bond donors (Lipinski definition) is 1. The van der Waals surface area contributed by atoms with Crippen molar-refractivity contribution in [3.05, 3.63) is 90.3 Å². The first-order chi connectivity index (χ1) is 15.1. The molecule has 2 aromatic heterocycles. The highest BCUT2D eigenvalue weighted by Crippen LogP contribution is 2.25. The van der Waals surface area contributed by atoms with Crippen LogP contribution in [-0.2, 0) is 11.3 Å². The first-order valence-corrected chi connectivity index (χ1v) is 10.3. The Morgan fingerprint density at radius 3 is 2.65 bits per heavy atom. The standard InChI is InChI=1S/C22H17F2N5OS/c23-17-8-9-18(24)19(11-17)26-20(30)14-31-22-28-27-21(16-7-4-10-25-12-16)29(22)13-15-5-2-1-3-6-15/h1-12H,13-14H2,(H,26,30). The number of hydrogen-bond acceptors (Lipinski definition) is 5. The summed E-state index contributed by atoms with van der Waals surface area (Å²) in [6, 6.07) is 16.4. The Labute approximate surface area is 181 Å². The third-order valence-electron chi connectivity index (χ3n) is 4.35. The molecular weight excluding hydrogens is 420 g/mol. The molecule has 0 saturated heterocycles. The SMILES string of the molecule is O=C(CSc1nnc(-c2cccnc2)n1Cc1ccccc1)Nc1cc(F)ccc1F. The van der Waals surface area contributed by atoms with Gasteiger partial charge in [0.15, 0.2) is 11.0 Å². The van der Waals surface area contributed by atoms with Crippen LogP contribution in [0.4, 0.5) is 14.5 Å². The van der Waals surface area contributed by atoms with E-state index in [9.17, 15) is 13.6 Å².